The van der Waals surface area contributed by atoms with Crippen molar-refractivity contribution in [3.63, 3.8) is 0 Å². The standard InChI is InChI=1S/C17H16F3NO3/c1-23-9-11-13(18)15(20)12(17(22)24-2)16(14(11)19)21-8-10-6-4-3-5-7-10/h3-7,21H,8-9H2,1-2H3. The highest BCUT2D eigenvalue weighted by atomic mass is 19.2. The molecule has 24 heavy (non-hydrogen) atoms. The van der Waals surface area contributed by atoms with E-state index in [2.05, 4.69) is 10.1 Å². The van der Waals surface area contributed by atoms with Gasteiger partial charge in [0.2, 0.25) is 0 Å². The first kappa shape index (κ1) is 17.8. The summed E-state index contributed by atoms with van der Waals surface area (Å²) in [5.74, 6) is -5.22. The number of benzene rings is 2. The summed E-state index contributed by atoms with van der Waals surface area (Å²) in [6, 6.07) is 8.88. The first-order valence-corrected chi connectivity index (χ1v) is 7.05. The highest BCUT2D eigenvalue weighted by Crippen LogP contribution is 2.31. The van der Waals surface area contributed by atoms with Crippen LogP contribution in [0.5, 0.6) is 0 Å². The van der Waals surface area contributed by atoms with Gasteiger partial charge in [0, 0.05) is 13.7 Å². The Hall–Kier alpha value is -2.54. The minimum absolute atomic E-state index is 0.110. The molecule has 0 saturated carbocycles. The van der Waals surface area contributed by atoms with Crippen molar-refractivity contribution in [2.45, 2.75) is 13.2 Å². The van der Waals surface area contributed by atoms with Crippen molar-refractivity contribution in [1.29, 1.82) is 0 Å². The van der Waals surface area contributed by atoms with E-state index in [1.54, 1.807) is 30.3 Å². The van der Waals surface area contributed by atoms with Gasteiger partial charge in [0.05, 0.1) is 25.0 Å². The number of carbonyl (C=O) groups excluding carboxylic acids is 1. The molecular formula is C17H16F3NO3. The maximum Gasteiger partial charge on any atom is 0.343 e. The molecule has 0 amide bonds. The number of carbonyl (C=O) groups is 1. The molecule has 0 unspecified atom stereocenters. The Bertz CT molecular complexity index is 736. The Morgan fingerprint density at radius 2 is 1.71 bits per heavy atom. The van der Waals surface area contributed by atoms with Crippen molar-refractivity contribution in [2.24, 2.45) is 0 Å². The predicted octanol–water partition coefficient (Wildman–Crippen LogP) is 3.65. The molecule has 2 rings (SSSR count). The predicted molar refractivity (Wildman–Crippen MR) is 82.1 cm³/mol. The zero-order valence-electron chi connectivity index (χ0n) is 13.2. The van der Waals surface area contributed by atoms with E-state index in [0.29, 0.717) is 0 Å². The van der Waals surface area contributed by atoms with Crippen molar-refractivity contribution < 1.29 is 27.4 Å². The number of halogens is 3. The van der Waals surface area contributed by atoms with Crippen LogP contribution in [-0.4, -0.2) is 20.2 Å². The largest absolute Gasteiger partial charge is 0.465 e. The molecule has 0 spiro atoms. The number of methoxy groups -OCH3 is 2. The van der Waals surface area contributed by atoms with Gasteiger partial charge in [-0.05, 0) is 5.56 Å². The Morgan fingerprint density at radius 3 is 2.29 bits per heavy atom. The van der Waals surface area contributed by atoms with Gasteiger partial charge in [0.25, 0.3) is 0 Å². The normalized spacial score (nSPS) is 10.5. The van der Waals surface area contributed by atoms with E-state index < -0.39 is 46.8 Å². The van der Waals surface area contributed by atoms with E-state index in [1.165, 1.54) is 7.11 Å². The average Bonchev–Trinajstić information content (AvgIpc) is 2.60. The first-order valence-electron chi connectivity index (χ1n) is 7.05. The van der Waals surface area contributed by atoms with Gasteiger partial charge < -0.3 is 14.8 Å². The zero-order chi connectivity index (χ0) is 17.7. The Morgan fingerprint density at radius 1 is 1.04 bits per heavy atom. The summed E-state index contributed by atoms with van der Waals surface area (Å²) in [5.41, 5.74) is -1.11. The molecular weight excluding hydrogens is 323 g/mol. The summed E-state index contributed by atoms with van der Waals surface area (Å²) >= 11 is 0. The number of hydrogen-bond donors (Lipinski definition) is 1. The number of nitrogens with one attached hydrogen (secondary N) is 1. The molecule has 0 aliphatic rings. The van der Waals surface area contributed by atoms with E-state index >= 15 is 0 Å². The lowest BCUT2D eigenvalue weighted by atomic mass is 10.1. The smallest absolute Gasteiger partial charge is 0.343 e. The third kappa shape index (κ3) is 3.51. The van der Waals surface area contributed by atoms with Crippen LogP contribution >= 0.6 is 0 Å². The molecule has 7 heteroatoms. The number of esters is 1. The summed E-state index contributed by atoms with van der Waals surface area (Å²) in [5, 5.41) is 2.64. The minimum atomic E-state index is -1.48. The molecule has 0 heterocycles. The number of ether oxygens (including phenoxy) is 2. The lowest BCUT2D eigenvalue weighted by Crippen LogP contribution is -2.17. The zero-order valence-corrected chi connectivity index (χ0v) is 13.2. The molecule has 2 aromatic carbocycles. The van der Waals surface area contributed by atoms with Crippen LogP contribution in [0.1, 0.15) is 21.5 Å². The fraction of sp³-hybridized carbons (Fsp3) is 0.235. The maximum absolute atomic E-state index is 14.6. The first-order chi connectivity index (χ1) is 11.5. The van der Waals surface area contributed by atoms with Crippen LogP contribution in [0.15, 0.2) is 30.3 Å². The van der Waals surface area contributed by atoms with Crippen molar-refractivity contribution in [3.05, 3.63) is 64.5 Å². The number of hydrogen-bond acceptors (Lipinski definition) is 4. The third-order valence-electron chi connectivity index (χ3n) is 3.40. The lowest BCUT2D eigenvalue weighted by Gasteiger charge is -2.16. The molecule has 128 valence electrons. The minimum Gasteiger partial charge on any atom is -0.465 e. The van der Waals surface area contributed by atoms with Gasteiger partial charge >= 0.3 is 5.97 Å². The van der Waals surface area contributed by atoms with Gasteiger partial charge in [-0.2, -0.15) is 0 Å². The summed E-state index contributed by atoms with van der Waals surface area (Å²) < 4.78 is 52.0. The van der Waals surface area contributed by atoms with E-state index in [0.717, 1.165) is 12.7 Å². The average molecular weight is 339 g/mol. The second kappa shape index (κ2) is 7.83. The van der Waals surface area contributed by atoms with E-state index in [4.69, 9.17) is 4.74 Å². The second-order valence-corrected chi connectivity index (χ2v) is 4.93. The fourth-order valence-electron chi connectivity index (χ4n) is 2.23. The maximum atomic E-state index is 14.6. The van der Waals surface area contributed by atoms with Crippen molar-refractivity contribution in [2.75, 3.05) is 19.5 Å². The van der Waals surface area contributed by atoms with Gasteiger partial charge in [-0.3, -0.25) is 0 Å². The Balaban J connectivity index is 2.51. The van der Waals surface area contributed by atoms with Crippen molar-refractivity contribution in [3.8, 4) is 0 Å². The topological polar surface area (TPSA) is 47.6 Å². The van der Waals surface area contributed by atoms with Gasteiger partial charge in [-0.25, -0.2) is 18.0 Å². The molecule has 0 radical (unpaired) electrons. The molecule has 0 aromatic heterocycles. The van der Waals surface area contributed by atoms with Crippen molar-refractivity contribution >= 4 is 11.7 Å². The fourth-order valence-corrected chi connectivity index (χ4v) is 2.23. The second-order valence-electron chi connectivity index (χ2n) is 4.93. The highest BCUT2D eigenvalue weighted by Gasteiger charge is 2.29. The molecule has 0 aliphatic carbocycles. The van der Waals surface area contributed by atoms with Crippen LogP contribution in [0, 0.1) is 17.5 Å². The van der Waals surface area contributed by atoms with Crippen LogP contribution in [0.3, 0.4) is 0 Å². The molecule has 0 atom stereocenters. The van der Waals surface area contributed by atoms with Crippen molar-refractivity contribution in [1.82, 2.24) is 0 Å². The molecule has 4 nitrogen and oxygen atoms in total. The summed E-state index contributed by atoms with van der Waals surface area (Å²) in [4.78, 5) is 11.8. The lowest BCUT2D eigenvalue weighted by molar-refractivity contribution is 0.0594. The summed E-state index contributed by atoms with van der Waals surface area (Å²) in [6.07, 6.45) is 0. The van der Waals surface area contributed by atoms with Crippen LogP contribution in [-0.2, 0) is 22.6 Å². The number of anilines is 1. The third-order valence-corrected chi connectivity index (χ3v) is 3.40. The Labute approximate surface area is 137 Å². The Kier molecular flexibility index (Phi) is 5.81. The molecule has 1 N–H and O–H groups in total. The van der Waals surface area contributed by atoms with Crippen LogP contribution < -0.4 is 5.32 Å². The molecule has 0 bridgehead atoms. The summed E-state index contributed by atoms with van der Waals surface area (Å²) in [6.45, 7) is -0.366. The van der Waals surface area contributed by atoms with Gasteiger partial charge in [0.15, 0.2) is 17.5 Å². The van der Waals surface area contributed by atoms with Crippen LogP contribution in [0.4, 0.5) is 18.9 Å². The SMILES string of the molecule is COCc1c(F)c(F)c(C(=O)OC)c(NCc2ccccc2)c1F. The van der Waals surface area contributed by atoms with Gasteiger partial charge in [0.1, 0.15) is 5.56 Å². The molecule has 0 saturated heterocycles. The number of rotatable bonds is 6. The van der Waals surface area contributed by atoms with E-state index in [-0.39, 0.29) is 6.54 Å². The van der Waals surface area contributed by atoms with E-state index in [1.807, 2.05) is 0 Å². The summed E-state index contributed by atoms with van der Waals surface area (Å²) in [7, 11) is 2.23. The van der Waals surface area contributed by atoms with E-state index in [9.17, 15) is 18.0 Å². The monoisotopic (exact) mass is 339 g/mol. The molecule has 0 fully saturated rings. The quantitative estimate of drug-likeness (QED) is 0.645. The van der Waals surface area contributed by atoms with Crippen LogP contribution in [0.2, 0.25) is 0 Å². The van der Waals surface area contributed by atoms with Crippen LogP contribution in [0.25, 0.3) is 0 Å². The molecule has 2 aromatic rings. The molecule has 0 aliphatic heterocycles. The van der Waals surface area contributed by atoms with Gasteiger partial charge in [-0.15, -0.1) is 0 Å². The van der Waals surface area contributed by atoms with Gasteiger partial charge in [-0.1, -0.05) is 30.3 Å². The highest BCUT2D eigenvalue weighted by molar-refractivity contribution is 5.96.